The molecule has 1 fully saturated rings. The molecule has 3 aromatic rings. The van der Waals surface area contributed by atoms with Gasteiger partial charge in [-0.1, -0.05) is 0 Å². The van der Waals surface area contributed by atoms with Crippen molar-refractivity contribution in [3.63, 3.8) is 0 Å². The first kappa shape index (κ1) is 18.1. The molecule has 0 spiro atoms. The number of aryl methyl sites for hydroxylation is 1. The number of aromatic nitrogens is 5. The van der Waals surface area contributed by atoms with E-state index in [2.05, 4.69) is 15.2 Å². The number of amides is 1. The summed E-state index contributed by atoms with van der Waals surface area (Å²) < 4.78 is 8.11. The van der Waals surface area contributed by atoms with Gasteiger partial charge in [0.2, 0.25) is 0 Å². The van der Waals surface area contributed by atoms with Gasteiger partial charge in [0.15, 0.2) is 5.65 Å². The Hall–Kier alpha value is -3.27. The molecule has 10 nitrogen and oxygen atoms in total. The van der Waals surface area contributed by atoms with Crippen LogP contribution in [-0.4, -0.2) is 61.0 Å². The average Bonchev–Trinajstić information content (AvgIpc) is 3.30. The van der Waals surface area contributed by atoms with E-state index in [1.165, 1.54) is 17.2 Å². The highest BCUT2D eigenvalue weighted by atomic mass is 16.5. The predicted molar refractivity (Wildman–Crippen MR) is 99.7 cm³/mol. The Morgan fingerprint density at radius 3 is 2.82 bits per heavy atom. The van der Waals surface area contributed by atoms with Crippen LogP contribution in [0, 0.1) is 0 Å². The van der Waals surface area contributed by atoms with E-state index in [1.54, 1.807) is 41.8 Å². The fraction of sp³-hybridized carbons (Fsp3) is 0.389. The third-order valence-electron chi connectivity index (χ3n) is 4.73. The van der Waals surface area contributed by atoms with Crippen LogP contribution in [0.4, 0.5) is 5.69 Å². The number of rotatable bonds is 6. The van der Waals surface area contributed by atoms with Gasteiger partial charge in [-0.2, -0.15) is 10.2 Å². The molecule has 3 aromatic heterocycles. The number of hydrazine groups is 1. The minimum absolute atomic E-state index is 0.145. The molecule has 0 N–H and O–H groups in total. The summed E-state index contributed by atoms with van der Waals surface area (Å²) in [7, 11) is 3.50. The van der Waals surface area contributed by atoms with Gasteiger partial charge >= 0.3 is 5.97 Å². The molecule has 0 atom stereocenters. The smallest absolute Gasteiger partial charge is 0.342 e. The van der Waals surface area contributed by atoms with Crippen LogP contribution in [-0.2, 0) is 11.8 Å². The van der Waals surface area contributed by atoms with E-state index in [-0.39, 0.29) is 29.8 Å². The van der Waals surface area contributed by atoms with Crippen molar-refractivity contribution in [2.45, 2.75) is 25.8 Å². The number of anilines is 1. The lowest BCUT2D eigenvalue weighted by atomic mass is 10.2. The summed E-state index contributed by atoms with van der Waals surface area (Å²) in [6.45, 7) is 1.94. The van der Waals surface area contributed by atoms with Crippen molar-refractivity contribution in [3.8, 4) is 0 Å². The second kappa shape index (κ2) is 7.04. The Morgan fingerprint density at radius 1 is 1.32 bits per heavy atom. The molecule has 0 bridgehead atoms. The number of ether oxygens (including phenoxy) is 1. The highest BCUT2D eigenvalue weighted by Gasteiger charge is 2.36. The maximum Gasteiger partial charge on any atom is 0.342 e. The minimum atomic E-state index is -0.569. The largest absolute Gasteiger partial charge is 0.462 e. The predicted octanol–water partition coefficient (Wildman–Crippen LogP) is 1.30. The van der Waals surface area contributed by atoms with Crippen LogP contribution in [0.2, 0.25) is 0 Å². The summed E-state index contributed by atoms with van der Waals surface area (Å²) in [4.78, 5) is 30.1. The molecule has 1 aliphatic rings. The van der Waals surface area contributed by atoms with Crippen LogP contribution in [0.3, 0.4) is 0 Å². The Bertz CT molecular complexity index is 1040. The molecule has 1 saturated carbocycles. The molecule has 28 heavy (non-hydrogen) atoms. The fourth-order valence-electron chi connectivity index (χ4n) is 3.14. The SMILES string of the molecule is CCOC(=O)c1cnn(C)c1C(=O)N(c1ccn2ncnc2c1)N(C)C1CC1. The second-order valence-electron chi connectivity index (χ2n) is 6.62. The van der Waals surface area contributed by atoms with Gasteiger partial charge in [-0.05, 0) is 25.8 Å². The van der Waals surface area contributed by atoms with E-state index >= 15 is 0 Å². The van der Waals surface area contributed by atoms with E-state index in [9.17, 15) is 9.59 Å². The molecule has 0 unspecified atom stereocenters. The monoisotopic (exact) mass is 383 g/mol. The van der Waals surface area contributed by atoms with Gasteiger partial charge in [0, 0.05) is 32.4 Å². The number of esters is 1. The van der Waals surface area contributed by atoms with Crippen LogP contribution in [0.5, 0.6) is 0 Å². The third kappa shape index (κ3) is 3.11. The summed E-state index contributed by atoms with van der Waals surface area (Å²) in [6.07, 6.45) is 6.57. The van der Waals surface area contributed by atoms with Gasteiger partial charge in [-0.15, -0.1) is 0 Å². The number of fused-ring (bicyclic) bond motifs is 1. The Morgan fingerprint density at radius 2 is 2.11 bits per heavy atom. The quantitative estimate of drug-likeness (QED) is 0.467. The van der Waals surface area contributed by atoms with Crippen molar-refractivity contribution in [2.24, 2.45) is 7.05 Å². The Labute approximate surface area is 161 Å². The van der Waals surface area contributed by atoms with Gasteiger partial charge in [0.05, 0.1) is 18.5 Å². The molecule has 1 aliphatic carbocycles. The molecule has 0 radical (unpaired) electrons. The highest BCUT2D eigenvalue weighted by molar-refractivity contribution is 6.10. The van der Waals surface area contributed by atoms with E-state index in [0.29, 0.717) is 11.3 Å². The van der Waals surface area contributed by atoms with Gasteiger partial charge in [0.25, 0.3) is 5.91 Å². The van der Waals surface area contributed by atoms with Crippen LogP contribution in [0.1, 0.15) is 40.6 Å². The second-order valence-corrected chi connectivity index (χ2v) is 6.62. The summed E-state index contributed by atoms with van der Waals surface area (Å²) in [6, 6.07) is 3.83. The number of hydrogen-bond acceptors (Lipinski definition) is 7. The highest BCUT2D eigenvalue weighted by Crippen LogP contribution is 2.31. The molecule has 0 saturated heterocycles. The lowest BCUT2D eigenvalue weighted by Crippen LogP contribution is -2.47. The normalized spacial score (nSPS) is 13.9. The first-order valence-electron chi connectivity index (χ1n) is 9.07. The number of hydrogen-bond donors (Lipinski definition) is 0. The molecule has 10 heteroatoms. The number of carbonyl (C=O) groups is 2. The zero-order valence-corrected chi connectivity index (χ0v) is 15.9. The number of nitrogens with zero attached hydrogens (tertiary/aromatic N) is 7. The standard InChI is InChI=1S/C18H21N7O3/c1-4-28-18(27)14-10-20-22(2)16(14)17(26)25(23(3)12-5-6-12)13-7-8-24-15(9-13)19-11-21-24/h7-12H,4-6H2,1-3H3. The number of carbonyl (C=O) groups excluding carboxylic acids is 2. The first-order valence-corrected chi connectivity index (χ1v) is 9.07. The molecule has 3 heterocycles. The van der Waals surface area contributed by atoms with Gasteiger partial charge in [0.1, 0.15) is 17.6 Å². The zero-order valence-electron chi connectivity index (χ0n) is 15.9. The number of pyridine rings is 1. The van der Waals surface area contributed by atoms with Crippen molar-refractivity contribution < 1.29 is 14.3 Å². The zero-order chi connectivity index (χ0) is 19.8. The molecule has 4 rings (SSSR count). The maximum absolute atomic E-state index is 13.6. The van der Waals surface area contributed by atoms with Crippen LogP contribution in [0.15, 0.2) is 30.9 Å². The molecule has 146 valence electrons. The lowest BCUT2D eigenvalue weighted by molar-refractivity contribution is 0.0522. The summed E-state index contributed by atoms with van der Waals surface area (Å²) >= 11 is 0. The van der Waals surface area contributed by atoms with Crippen molar-refractivity contribution in [1.29, 1.82) is 0 Å². The Kier molecular flexibility index (Phi) is 4.55. The minimum Gasteiger partial charge on any atom is -0.462 e. The Balaban J connectivity index is 1.78. The lowest BCUT2D eigenvalue weighted by Gasteiger charge is -2.32. The fourth-order valence-corrected chi connectivity index (χ4v) is 3.14. The van der Waals surface area contributed by atoms with E-state index in [0.717, 1.165) is 12.8 Å². The maximum atomic E-state index is 13.6. The first-order chi connectivity index (χ1) is 13.5. The van der Waals surface area contributed by atoms with E-state index in [4.69, 9.17) is 4.74 Å². The van der Waals surface area contributed by atoms with Crippen LogP contribution < -0.4 is 5.01 Å². The van der Waals surface area contributed by atoms with E-state index in [1.807, 2.05) is 12.1 Å². The van der Waals surface area contributed by atoms with Crippen LogP contribution >= 0.6 is 0 Å². The molecular formula is C18H21N7O3. The van der Waals surface area contributed by atoms with Crippen molar-refractivity contribution in [2.75, 3.05) is 18.7 Å². The van der Waals surface area contributed by atoms with Crippen LogP contribution in [0.25, 0.3) is 5.65 Å². The van der Waals surface area contributed by atoms with Gasteiger partial charge in [-0.25, -0.2) is 24.3 Å². The van der Waals surface area contributed by atoms with E-state index < -0.39 is 5.97 Å². The third-order valence-corrected chi connectivity index (χ3v) is 4.73. The molecule has 1 amide bonds. The van der Waals surface area contributed by atoms with Gasteiger partial charge in [-0.3, -0.25) is 9.48 Å². The van der Waals surface area contributed by atoms with Crippen molar-refractivity contribution in [1.82, 2.24) is 29.4 Å². The molecular weight excluding hydrogens is 362 g/mol. The van der Waals surface area contributed by atoms with Gasteiger partial charge < -0.3 is 4.74 Å². The molecule has 0 aromatic carbocycles. The summed E-state index contributed by atoms with van der Waals surface area (Å²) in [5.41, 5.74) is 1.57. The van der Waals surface area contributed by atoms with Crippen molar-refractivity contribution in [3.05, 3.63) is 42.1 Å². The summed E-state index contributed by atoms with van der Waals surface area (Å²) in [5.74, 6) is -0.929. The molecule has 0 aliphatic heterocycles. The topological polar surface area (TPSA) is 97.9 Å². The summed E-state index contributed by atoms with van der Waals surface area (Å²) in [5, 5.41) is 11.7. The van der Waals surface area contributed by atoms with Crippen molar-refractivity contribution >= 4 is 23.2 Å². The average molecular weight is 383 g/mol.